The molecule has 0 bridgehead atoms. The maximum absolute atomic E-state index is 10.9. The minimum Gasteiger partial charge on any atom is -0.465 e. The monoisotopic (exact) mass is 200 g/mol. The van der Waals surface area contributed by atoms with Crippen LogP contribution in [0.15, 0.2) is 5.38 Å². The SMILES string of the molecule is CCOC(=O)CNc1csc(C)n1. The molecule has 1 N–H and O–H groups in total. The van der Waals surface area contributed by atoms with E-state index in [0.29, 0.717) is 6.61 Å². The maximum atomic E-state index is 10.9. The number of rotatable bonds is 4. The van der Waals surface area contributed by atoms with Crippen molar-refractivity contribution in [3.8, 4) is 0 Å². The van der Waals surface area contributed by atoms with E-state index in [4.69, 9.17) is 4.74 Å². The molecule has 0 atom stereocenters. The molecule has 0 aliphatic rings. The van der Waals surface area contributed by atoms with Gasteiger partial charge in [-0.2, -0.15) is 0 Å². The van der Waals surface area contributed by atoms with Gasteiger partial charge in [-0.1, -0.05) is 0 Å². The van der Waals surface area contributed by atoms with Crippen LogP contribution in [0.3, 0.4) is 0 Å². The summed E-state index contributed by atoms with van der Waals surface area (Å²) in [6.07, 6.45) is 0. The van der Waals surface area contributed by atoms with Gasteiger partial charge in [0.2, 0.25) is 0 Å². The number of nitrogens with one attached hydrogen (secondary N) is 1. The number of carbonyl (C=O) groups excluding carboxylic acids is 1. The molecular formula is C8H12N2O2S. The molecule has 1 heterocycles. The summed E-state index contributed by atoms with van der Waals surface area (Å²) in [6.45, 7) is 4.29. The van der Waals surface area contributed by atoms with Crippen LogP contribution in [0.1, 0.15) is 11.9 Å². The zero-order valence-corrected chi connectivity index (χ0v) is 8.48. The van der Waals surface area contributed by atoms with Crippen LogP contribution in [0, 0.1) is 6.92 Å². The molecule has 0 amide bonds. The third-order valence-corrected chi connectivity index (χ3v) is 2.11. The van der Waals surface area contributed by atoms with Gasteiger partial charge in [-0.25, -0.2) is 4.98 Å². The first-order valence-electron chi connectivity index (χ1n) is 4.04. The van der Waals surface area contributed by atoms with Crippen LogP contribution < -0.4 is 5.32 Å². The highest BCUT2D eigenvalue weighted by Gasteiger charge is 2.02. The number of esters is 1. The highest BCUT2D eigenvalue weighted by Crippen LogP contribution is 2.11. The van der Waals surface area contributed by atoms with Gasteiger partial charge in [-0.15, -0.1) is 11.3 Å². The predicted molar refractivity (Wildman–Crippen MR) is 52.0 cm³/mol. The van der Waals surface area contributed by atoms with E-state index in [9.17, 15) is 4.79 Å². The molecule has 4 nitrogen and oxygen atoms in total. The fourth-order valence-electron chi connectivity index (χ4n) is 0.819. The van der Waals surface area contributed by atoms with Crippen molar-refractivity contribution in [1.29, 1.82) is 0 Å². The molecule has 1 aromatic rings. The normalized spacial score (nSPS) is 9.69. The summed E-state index contributed by atoms with van der Waals surface area (Å²) in [5, 5.41) is 5.72. The molecule has 0 radical (unpaired) electrons. The fourth-order valence-corrected chi connectivity index (χ4v) is 1.39. The van der Waals surface area contributed by atoms with E-state index in [2.05, 4.69) is 10.3 Å². The smallest absolute Gasteiger partial charge is 0.325 e. The maximum Gasteiger partial charge on any atom is 0.325 e. The van der Waals surface area contributed by atoms with Crippen molar-refractivity contribution in [3.63, 3.8) is 0 Å². The van der Waals surface area contributed by atoms with Gasteiger partial charge in [-0.3, -0.25) is 4.79 Å². The molecule has 0 aliphatic carbocycles. The first kappa shape index (κ1) is 9.98. The molecule has 0 unspecified atom stereocenters. The van der Waals surface area contributed by atoms with Crippen molar-refractivity contribution in [2.24, 2.45) is 0 Å². The second-order valence-electron chi connectivity index (χ2n) is 2.41. The van der Waals surface area contributed by atoms with Gasteiger partial charge in [0.25, 0.3) is 0 Å². The Morgan fingerprint density at radius 3 is 3.08 bits per heavy atom. The Kier molecular flexibility index (Phi) is 3.70. The summed E-state index contributed by atoms with van der Waals surface area (Å²) in [5.74, 6) is 0.476. The highest BCUT2D eigenvalue weighted by molar-refractivity contribution is 7.09. The van der Waals surface area contributed by atoms with Gasteiger partial charge in [0.05, 0.1) is 11.6 Å². The molecule has 0 aliphatic heterocycles. The molecule has 72 valence electrons. The van der Waals surface area contributed by atoms with Crippen molar-refractivity contribution in [2.45, 2.75) is 13.8 Å². The first-order valence-corrected chi connectivity index (χ1v) is 4.92. The van der Waals surface area contributed by atoms with Crippen molar-refractivity contribution in [1.82, 2.24) is 4.98 Å². The summed E-state index contributed by atoms with van der Waals surface area (Å²) in [7, 11) is 0. The third-order valence-electron chi connectivity index (χ3n) is 1.34. The van der Waals surface area contributed by atoms with Crippen LogP contribution >= 0.6 is 11.3 Å². The molecule has 0 saturated carbocycles. The molecule has 1 aromatic heterocycles. The van der Waals surface area contributed by atoms with E-state index in [1.807, 2.05) is 12.3 Å². The van der Waals surface area contributed by atoms with Crippen molar-refractivity contribution < 1.29 is 9.53 Å². The summed E-state index contributed by atoms with van der Waals surface area (Å²) < 4.78 is 4.74. The van der Waals surface area contributed by atoms with Crippen molar-refractivity contribution in [2.75, 3.05) is 18.5 Å². The highest BCUT2D eigenvalue weighted by atomic mass is 32.1. The van der Waals surface area contributed by atoms with Crippen LogP contribution in [0.2, 0.25) is 0 Å². The molecule has 5 heteroatoms. The Hall–Kier alpha value is -1.10. The quantitative estimate of drug-likeness (QED) is 0.747. The van der Waals surface area contributed by atoms with Crippen LogP contribution in [0.5, 0.6) is 0 Å². The number of aromatic nitrogens is 1. The summed E-state index contributed by atoms with van der Waals surface area (Å²) in [4.78, 5) is 15.1. The van der Waals surface area contributed by atoms with Crippen LogP contribution in [0.25, 0.3) is 0 Å². The number of carbonyl (C=O) groups is 1. The Labute approximate surface area is 80.9 Å². The lowest BCUT2D eigenvalue weighted by atomic mass is 10.6. The zero-order chi connectivity index (χ0) is 9.68. The van der Waals surface area contributed by atoms with E-state index >= 15 is 0 Å². The zero-order valence-electron chi connectivity index (χ0n) is 7.66. The fraction of sp³-hybridized carbons (Fsp3) is 0.500. The number of hydrogen-bond acceptors (Lipinski definition) is 5. The van der Waals surface area contributed by atoms with Gasteiger partial charge >= 0.3 is 5.97 Å². The van der Waals surface area contributed by atoms with Crippen molar-refractivity contribution >= 4 is 23.1 Å². The van der Waals surface area contributed by atoms with Crippen LogP contribution in [-0.4, -0.2) is 24.1 Å². The molecule has 1 rings (SSSR count). The number of aryl methyl sites for hydroxylation is 1. The van der Waals surface area contributed by atoms with Gasteiger partial charge in [0.15, 0.2) is 0 Å². The van der Waals surface area contributed by atoms with E-state index < -0.39 is 0 Å². The second kappa shape index (κ2) is 4.81. The Bertz CT molecular complexity index is 285. The van der Waals surface area contributed by atoms with E-state index in [0.717, 1.165) is 10.8 Å². The number of nitrogens with zero attached hydrogens (tertiary/aromatic N) is 1. The minimum atomic E-state index is -0.256. The lowest BCUT2D eigenvalue weighted by Gasteiger charge is -2.01. The number of thiazole rings is 1. The van der Waals surface area contributed by atoms with E-state index in [1.54, 1.807) is 18.3 Å². The average molecular weight is 200 g/mol. The second-order valence-corrected chi connectivity index (χ2v) is 3.47. The van der Waals surface area contributed by atoms with E-state index in [-0.39, 0.29) is 12.5 Å². The Morgan fingerprint density at radius 2 is 2.54 bits per heavy atom. The molecule has 0 fully saturated rings. The summed E-state index contributed by atoms with van der Waals surface area (Å²) in [6, 6.07) is 0. The van der Waals surface area contributed by atoms with Gasteiger partial charge in [0.1, 0.15) is 12.4 Å². The standard InChI is InChI=1S/C8H12N2O2S/c1-3-12-8(11)4-9-7-5-13-6(2)10-7/h5,9H,3-4H2,1-2H3. The molecule has 0 saturated heterocycles. The predicted octanol–water partition coefficient (Wildman–Crippen LogP) is 1.43. The van der Waals surface area contributed by atoms with Crippen LogP contribution in [-0.2, 0) is 9.53 Å². The Balaban J connectivity index is 2.30. The lowest BCUT2D eigenvalue weighted by molar-refractivity contribution is -0.140. The largest absolute Gasteiger partial charge is 0.465 e. The van der Waals surface area contributed by atoms with Gasteiger partial charge in [-0.05, 0) is 13.8 Å². The van der Waals surface area contributed by atoms with Gasteiger partial charge in [0, 0.05) is 5.38 Å². The molecule has 0 spiro atoms. The topological polar surface area (TPSA) is 51.2 Å². The third kappa shape index (κ3) is 3.42. The minimum absolute atomic E-state index is 0.178. The first-order chi connectivity index (χ1) is 6.22. The Morgan fingerprint density at radius 1 is 1.77 bits per heavy atom. The summed E-state index contributed by atoms with van der Waals surface area (Å²) in [5.41, 5.74) is 0. The number of anilines is 1. The van der Waals surface area contributed by atoms with Crippen molar-refractivity contribution in [3.05, 3.63) is 10.4 Å². The summed E-state index contributed by atoms with van der Waals surface area (Å²) >= 11 is 1.54. The van der Waals surface area contributed by atoms with Crippen LogP contribution in [0.4, 0.5) is 5.82 Å². The lowest BCUT2D eigenvalue weighted by Crippen LogP contribution is -2.16. The molecule has 13 heavy (non-hydrogen) atoms. The molecule has 0 aromatic carbocycles. The number of hydrogen-bond donors (Lipinski definition) is 1. The van der Waals surface area contributed by atoms with E-state index in [1.165, 1.54) is 0 Å². The van der Waals surface area contributed by atoms with Gasteiger partial charge < -0.3 is 10.1 Å². The average Bonchev–Trinajstić information content (AvgIpc) is 2.49. The molecular weight excluding hydrogens is 188 g/mol. The number of ether oxygens (including phenoxy) is 1.